The highest BCUT2D eigenvalue weighted by atomic mass is 79.9. The molecule has 0 aliphatic heterocycles. The summed E-state index contributed by atoms with van der Waals surface area (Å²) in [4.78, 5) is 0.306. The maximum Gasteiger partial charge on any atom is 0.188 e. The molecule has 0 N–H and O–H groups in total. The van der Waals surface area contributed by atoms with Crippen LogP contribution in [0.3, 0.4) is 0 Å². The van der Waals surface area contributed by atoms with Crippen LogP contribution in [0, 0.1) is 0 Å². The third kappa shape index (κ3) is 2.17. The Morgan fingerprint density at radius 2 is 1.94 bits per heavy atom. The highest BCUT2D eigenvalue weighted by Gasteiger charge is 2.11. The molecule has 1 heterocycles. The second kappa shape index (κ2) is 4.39. The van der Waals surface area contributed by atoms with E-state index in [9.17, 15) is 8.42 Å². The molecule has 2 rings (SSSR count). The Morgan fingerprint density at radius 1 is 1.25 bits per heavy atom. The van der Waals surface area contributed by atoms with Crippen LogP contribution >= 0.6 is 15.9 Å². The van der Waals surface area contributed by atoms with Crippen LogP contribution < -0.4 is 0 Å². The van der Waals surface area contributed by atoms with E-state index < -0.39 is 9.84 Å². The minimum atomic E-state index is -3.20. The van der Waals surface area contributed by atoms with Crippen LogP contribution in [0.15, 0.2) is 47.6 Å². The summed E-state index contributed by atoms with van der Waals surface area (Å²) < 4.78 is 24.7. The predicted molar refractivity (Wildman–Crippen MR) is 64.5 cm³/mol. The van der Waals surface area contributed by atoms with E-state index in [0.29, 0.717) is 4.90 Å². The average Bonchev–Trinajstić information content (AvgIpc) is 2.83. The van der Waals surface area contributed by atoms with Crippen molar-refractivity contribution in [3.8, 4) is 5.69 Å². The van der Waals surface area contributed by atoms with Gasteiger partial charge in [0.2, 0.25) is 0 Å². The Labute approximate surface area is 102 Å². The van der Waals surface area contributed by atoms with Crippen molar-refractivity contribution in [1.29, 1.82) is 0 Å². The van der Waals surface area contributed by atoms with Crippen molar-refractivity contribution >= 4 is 25.8 Å². The van der Waals surface area contributed by atoms with E-state index in [-0.39, 0.29) is 4.66 Å². The highest BCUT2D eigenvalue weighted by Crippen LogP contribution is 2.15. The molecule has 0 amide bonds. The Kier molecular flexibility index (Phi) is 3.11. The molecule has 0 spiro atoms. The quantitative estimate of drug-likeness (QED) is 0.815. The van der Waals surface area contributed by atoms with Crippen LogP contribution in [0.25, 0.3) is 5.69 Å². The maximum absolute atomic E-state index is 11.5. The van der Waals surface area contributed by atoms with Crippen molar-refractivity contribution < 1.29 is 8.42 Å². The van der Waals surface area contributed by atoms with Crippen molar-refractivity contribution in [2.75, 3.05) is 4.66 Å². The number of halogens is 1. The lowest BCUT2D eigenvalue weighted by atomic mass is 10.3. The number of nitrogens with zero attached hydrogens (tertiary/aromatic N) is 2. The summed E-state index contributed by atoms with van der Waals surface area (Å²) in [6.45, 7) is 0. The van der Waals surface area contributed by atoms with Crippen LogP contribution in [-0.2, 0) is 9.84 Å². The van der Waals surface area contributed by atoms with Crippen molar-refractivity contribution in [2.24, 2.45) is 0 Å². The Morgan fingerprint density at radius 3 is 2.44 bits per heavy atom. The fourth-order valence-electron chi connectivity index (χ4n) is 1.29. The standard InChI is InChI=1S/C10H9BrN2O2S/c11-8-16(14,15)10-4-2-9(3-5-10)13-7-1-6-12-13/h1-7H,8H2. The van der Waals surface area contributed by atoms with Crippen LogP contribution in [-0.4, -0.2) is 22.9 Å². The number of rotatable bonds is 3. The second-order valence-corrected chi connectivity index (χ2v) is 6.46. The van der Waals surface area contributed by atoms with Gasteiger partial charge in [-0.25, -0.2) is 13.1 Å². The first-order valence-corrected chi connectivity index (χ1v) is 7.30. The molecular weight excluding hydrogens is 292 g/mol. The van der Waals surface area contributed by atoms with E-state index in [4.69, 9.17) is 0 Å². The third-order valence-corrected chi connectivity index (χ3v) is 5.19. The summed E-state index contributed by atoms with van der Waals surface area (Å²) in [5.41, 5.74) is 0.832. The molecular formula is C10H9BrN2O2S. The summed E-state index contributed by atoms with van der Waals surface area (Å²) >= 11 is 2.96. The van der Waals surface area contributed by atoms with Gasteiger partial charge in [0.15, 0.2) is 9.84 Å². The van der Waals surface area contributed by atoms with Crippen LogP contribution in [0.4, 0.5) is 0 Å². The Balaban J connectivity index is 2.38. The molecule has 2 aromatic rings. The highest BCUT2D eigenvalue weighted by molar-refractivity contribution is 9.10. The van der Waals surface area contributed by atoms with Gasteiger partial charge < -0.3 is 0 Å². The zero-order valence-electron chi connectivity index (χ0n) is 8.25. The minimum Gasteiger partial charge on any atom is -0.241 e. The smallest absolute Gasteiger partial charge is 0.188 e. The van der Waals surface area contributed by atoms with E-state index in [1.54, 1.807) is 41.3 Å². The van der Waals surface area contributed by atoms with Crippen molar-refractivity contribution in [3.63, 3.8) is 0 Å². The molecule has 0 aliphatic rings. The summed E-state index contributed by atoms with van der Waals surface area (Å²) in [5.74, 6) is 0. The molecule has 1 aromatic heterocycles. The lowest BCUT2D eigenvalue weighted by Crippen LogP contribution is -2.02. The van der Waals surface area contributed by atoms with E-state index in [2.05, 4.69) is 21.0 Å². The average molecular weight is 301 g/mol. The zero-order chi connectivity index (χ0) is 11.6. The topological polar surface area (TPSA) is 52.0 Å². The van der Waals surface area contributed by atoms with E-state index >= 15 is 0 Å². The summed E-state index contributed by atoms with van der Waals surface area (Å²) in [5, 5.41) is 4.06. The van der Waals surface area contributed by atoms with Gasteiger partial charge in [-0.05, 0) is 30.3 Å². The van der Waals surface area contributed by atoms with Crippen molar-refractivity contribution in [2.45, 2.75) is 4.90 Å². The first-order valence-electron chi connectivity index (χ1n) is 4.52. The van der Waals surface area contributed by atoms with E-state index in [1.807, 2.05) is 6.07 Å². The van der Waals surface area contributed by atoms with E-state index in [0.717, 1.165) is 5.69 Å². The lowest BCUT2D eigenvalue weighted by molar-refractivity contribution is 0.601. The molecule has 0 aliphatic carbocycles. The molecule has 0 saturated heterocycles. The first-order chi connectivity index (χ1) is 7.63. The van der Waals surface area contributed by atoms with Gasteiger partial charge >= 0.3 is 0 Å². The molecule has 0 atom stereocenters. The maximum atomic E-state index is 11.5. The summed E-state index contributed by atoms with van der Waals surface area (Å²) in [6, 6.07) is 8.41. The summed E-state index contributed by atoms with van der Waals surface area (Å²) in [7, 11) is -3.20. The van der Waals surface area contributed by atoms with Crippen LogP contribution in [0.5, 0.6) is 0 Å². The third-order valence-electron chi connectivity index (χ3n) is 2.11. The number of aromatic nitrogens is 2. The molecule has 0 bridgehead atoms. The van der Waals surface area contributed by atoms with Crippen LogP contribution in [0.1, 0.15) is 0 Å². The zero-order valence-corrected chi connectivity index (χ0v) is 10.6. The first kappa shape index (κ1) is 11.3. The molecule has 0 radical (unpaired) electrons. The molecule has 0 unspecified atom stereocenters. The van der Waals surface area contributed by atoms with Gasteiger partial charge in [-0.15, -0.1) is 0 Å². The van der Waals surface area contributed by atoms with E-state index in [1.165, 1.54) is 0 Å². The van der Waals surface area contributed by atoms with Gasteiger partial charge in [-0.3, -0.25) is 0 Å². The second-order valence-electron chi connectivity index (χ2n) is 3.17. The number of alkyl halides is 1. The monoisotopic (exact) mass is 300 g/mol. The van der Waals surface area contributed by atoms with Gasteiger partial charge in [0.25, 0.3) is 0 Å². The largest absolute Gasteiger partial charge is 0.241 e. The molecule has 16 heavy (non-hydrogen) atoms. The number of hydrogen-bond donors (Lipinski definition) is 0. The van der Waals surface area contributed by atoms with Gasteiger partial charge in [-0.2, -0.15) is 5.10 Å². The summed E-state index contributed by atoms with van der Waals surface area (Å²) in [6.07, 6.45) is 3.47. The number of benzene rings is 1. The molecule has 4 nitrogen and oxygen atoms in total. The molecule has 0 fully saturated rings. The molecule has 84 valence electrons. The van der Waals surface area contributed by atoms with Gasteiger partial charge in [0.1, 0.15) is 4.66 Å². The Bertz CT molecular complexity index is 561. The fraction of sp³-hybridized carbons (Fsp3) is 0.100. The SMILES string of the molecule is O=S(=O)(CBr)c1ccc(-n2cccn2)cc1. The predicted octanol–water partition coefficient (Wildman–Crippen LogP) is 2.00. The van der Waals surface area contributed by atoms with Crippen molar-refractivity contribution in [1.82, 2.24) is 9.78 Å². The number of sulfone groups is 1. The molecule has 0 saturated carbocycles. The fourth-order valence-corrected chi connectivity index (χ4v) is 2.76. The van der Waals surface area contributed by atoms with Gasteiger partial charge in [0, 0.05) is 12.4 Å². The number of hydrogen-bond acceptors (Lipinski definition) is 3. The molecule has 1 aromatic carbocycles. The Hall–Kier alpha value is -1.14. The minimum absolute atomic E-state index is 0.0683. The normalized spacial score (nSPS) is 11.6. The van der Waals surface area contributed by atoms with Gasteiger partial charge in [0.05, 0.1) is 10.6 Å². The van der Waals surface area contributed by atoms with Crippen molar-refractivity contribution in [3.05, 3.63) is 42.7 Å². The lowest BCUT2D eigenvalue weighted by Gasteiger charge is -2.03. The van der Waals surface area contributed by atoms with Crippen LogP contribution in [0.2, 0.25) is 0 Å². The van der Waals surface area contributed by atoms with Gasteiger partial charge in [-0.1, -0.05) is 15.9 Å². The molecule has 6 heteroatoms.